The van der Waals surface area contributed by atoms with Crippen molar-refractivity contribution in [2.75, 3.05) is 6.61 Å². The van der Waals surface area contributed by atoms with Gasteiger partial charge < -0.3 is 9.47 Å². The topological polar surface area (TPSA) is 31.4 Å². The molecule has 0 unspecified atom stereocenters. The Morgan fingerprint density at radius 3 is 2.72 bits per heavy atom. The van der Waals surface area contributed by atoms with Crippen LogP contribution in [0.15, 0.2) is 29.6 Å². The largest absolute Gasteiger partial charge is 0.494 e. The van der Waals surface area contributed by atoms with Gasteiger partial charge in [0.15, 0.2) is 0 Å². The van der Waals surface area contributed by atoms with Crippen LogP contribution in [-0.2, 0) is 12.5 Å². The number of hydrogen-bond donors (Lipinski definition) is 0. The monoisotopic (exact) mass is 283 g/mol. The molecule has 0 aliphatic heterocycles. The molecule has 0 saturated heterocycles. The lowest BCUT2D eigenvalue weighted by molar-refractivity contribution is 0.299. The summed E-state index contributed by atoms with van der Waals surface area (Å²) in [5.74, 6) is 2.04. The van der Waals surface area contributed by atoms with Crippen molar-refractivity contribution in [1.29, 1.82) is 0 Å². The van der Waals surface area contributed by atoms with Crippen LogP contribution in [0.3, 0.4) is 0 Å². The molecule has 0 amide bonds. The van der Waals surface area contributed by atoms with Crippen molar-refractivity contribution in [2.24, 2.45) is 0 Å². The molecule has 96 valence electrons. The molecule has 0 atom stereocenters. The number of thiazole rings is 1. The first-order chi connectivity index (χ1) is 8.81. The Bertz CT molecular complexity index is 501. The van der Waals surface area contributed by atoms with Crippen molar-refractivity contribution >= 4 is 22.9 Å². The van der Waals surface area contributed by atoms with Gasteiger partial charge in [-0.2, -0.15) is 0 Å². The molecular weight excluding hydrogens is 270 g/mol. The molecule has 1 aromatic heterocycles. The lowest BCUT2D eigenvalue weighted by Crippen LogP contribution is -1.96. The van der Waals surface area contributed by atoms with E-state index in [1.807, 2.05) is 36.6 Å². The third-order valence-electron chi connectivity index (χ3n) is 2.22. The van der Waals surface area contributed by atoms with Crippen molar-refractivity contribution in [3.63, 3.8) is 0 Å². The molecule has 0 aliphatic rings. The maximum absolute atomic E-state index is 5.70. The first-order valence-corrected chi connectivity index (χ1v) is 7.08. The van der Waals surface area contributed by atoms with Crippen molar-refractivity contribution in [3.8, 4) is 11.5 Å². The molecule has 1 heterocycles. The fourth-order valence-electron chi connectivity index (χ4n) is 1.44. The van der Waals surface area contributed by atoms with Crippen LogP contribution in [0.2, 0.25) is 0 Å². The zero-order valence-electron chi connectivity index (χ0n) is 10.1. The molecule has 18 heavy (non-hydrogen) atoms. The summed E-state index contributed by atoms with van der Waals surface area (Å²) >= 11 is 7.26. The van der Waals surface area contributed by atoms with Gasteiger partial charge in [0, 0.05) is 11.4 Å². The van der Waals surface area contributed by atoms with Crippen molar-refractivity contribution in [2.45, 2.75) is 19.4 Å². The molecule has 0 aliphatic carbocycles. The molecule has 0 fully saturated rings. The van der Waals surface area contributed by atoms with E-state index in [0.29, 0.717) is 19.1 Å². The second-order valence-electron chi connectivity index (χ2n) is 3.56. The Labute approximate surface area is 115 Å². The van der Waals surface area contributed by atoms with Crippen molar-refractivity contribution in [3.05, 3.63) is 40.3 Å². The van der Waals surface area contributed by atoms with Gasteiger partial charge in [-0.15, -0.1) is 22.9 Å². The summed E-state index contributed by atoms with van der Waals surface area (Å²) < 4.78 is 11.1. The third-order valence-corrected chi connectivity index (χ3v) is 3.36. The molecule has 2 rings (SSSR count). The van der Waals surface area contributed by atoms with E-state index in [-0.39, 0.29) is 0 Å². The number of rotatable bonds is 6. The Balaban J connectivity index is 1.94. The van der Waals surface area contributed by atoms with Gasteiger partial charge in [-0.25, -0.2) is 4.98 Å². The van der Waals surface area contributed by atoms with E-state index in [1.54, 1.807) is 11.3 Å². The standard InChI is InChI=1S/C13H14ClNO2S/c1-2-16-11-4-3-5-12(6-11)17-8-13-15-10(7-14)9-18-13/h3-6,9H,2,7-8H2,1H3. The molecule has 5 heteroatoms. The first-order valence-electron chi connectivity index (χ1n) is 5.66. The number of halogens is 1. The molecule has 3 nitrogen and oxygen atoms in total. The van der Waals surface area contributed by atoms with Crippen LogP contribution in [0.25, 0.3) is 0 Å². The van der Waals surface area contributed by atoms with Gasteiger partial charge in [0.05, 0.1) is 18.2 Å². The first kappa shape index (κ1) is 13.2. The van der Waals surface area contributed by atoms with Gasteiger partial charge in [-0.05, 0) is 19.1 Å². The fourth-order valence-corrected chi connectivity index (χ4v) is 2.38. The Morgan fingerprint density at radius 2 is 2.06 bits per heavy atom. The quantitative estimate of drug-likeness (QED) is 0.755. The molecule has 0 spiro atoms. The normalized spacial score (nSPS) is 10.3. The molecule has 0 N–H and O–H groups in total. The predicted octanol–water partition coefficient (Wildman–Crippen LogP) is 3.86. The molecular formula is C13H14ClNO2S. The lowest BCUT2D eigenvalue weighted by Gasteiger charge is -2.07. The average Bonchev–Trinajstić information content (AvgIpc) is 2.85. The van der Waals surface area contributed by atoms with E-state index in [2.05, 4.69) is 4.98 Å². The number of nitrogens with zero attached hydrogens (tertiary/aromatic N) is 1. The summed E-state index contributed by atoms with van der Waals surface area (Å²) in [5.41, 5.74) is 0.892. The maximum atomic E-state index is 5.70. The van der Waals surface area contributed by atoms with Gasteiger partial charge in [0.1, 0.15) is 23.1 Å². The van der Waals surface area contributed by atoms with E-state index >= 15 is 0 Å². The minimum atomic E-state index is 0.441. The molecule has 2 aromatic rings. The van der Waals surface area contributed by atoms with Crippen LogP contribution in [0.1, 0.15) is 17.6 Å². The Morgan fingerprint density at radius 1 is 1.28 bits per heavy atom. The van der Waals surface area contributed by atoms with Gasteiger partial charge in [-0.3, -0.25) is 0 Å². The van der Waals surface area contributed by atoms with E-state index < -0.39 is 0 Å². The summed E-state index contributed by atoms with van der Waals surface area (Å²) in [6.45, 7) is 3.06. The van der Waals surface area contributed by atoms with Crippen LogP contribution in [-0.4, -0.2) is 11.6 Å². The van der Waals surface area contributed by atoms with E-state index in [1.165, 1.54) is 0 Å². The van der Waals surface area contributed by atoms with Gasteiger partial charge in [-0.1, -0.05) is 6.07 Å². The summed E-state index contributed by atoms with van der Waals surface area (Å²) in [5, 5.41) is 2.87. The highest BCUT2D eigenvalue weighted by Crippen LogP contribution is 2.21. The summed E-state index contributed by atoms with van der Waals surface area (Å²) in [4.78, 5) is 4.33. The van der Waals surface area contributed by atoms with Crippen LogP contribution in [0.4, 0.5) is 0 Å². The van der Waals surface area contributed by atoms with Crippen molar-refractivity contribution < 1.29 is 9.47 Å². The Kier molecular flexibility index (Phi) is 4.84. The molecule has 1 aromatic carbocycles. The van der Waals surface area contributed by atoms with Crippen LogP contribution in [0, 0.1) is 0 Å². The minimum absolute atomic E-state index is 0.441. The number of hydrogen-bond acceptors (Lipinski definition) is 4. The van der Waals surface area contributed by atoms with Gasteiger partial charge in [0.2, 0.25) is 0 Å². The van der Waals surface area contributed by atoms with E-state index in [0.717, 1.165) is 22.2 Å². The summed E-state index contributed by atoms with van der Waals surface area (Å²) in [7, 11) is 0. The van der Waals surface area contributed by atoms with E-state index in [4.69, 9.17) is 21.1 Å². The Hall–Kier alpha value is -1.26. The molecule has 0 saturated carbocycles. The second kappa shape index (κ2) is 6.61. The highest BCUT2D eigenvalue weighted by atomic mass is 35.5. The maximum Gasteiger partial charge on any atom is 0.140 e. The van der Waals surface area contributed by atoms with E-state index in [9.17, 15) is 0 Å². The van der Waals surface area contributed by atoms with Crippen LogP contribution >= 0.6 is 22.9 Å². The number of ether oxygens (including phenoxy) is 2. The van der Waals surface area contributed by atoms with Crippen LogP contribution in [0.5, 0.6) is 11.5 Å². The lowest BCUT2D eigenvalue weighted by atomic mass is 10.3. The summed E-state index contributed by atoms with van der Waals surface area (Å²) in [6, 6.07) is 7.59. The van der Waals surface area contributed by atoms with Gasteiger partial charge >= 0.3 is 0 Å². The predicted molar refractivity (Wildman–Crippen MR) is 73.6 cm³/mol. The number of aromatic nitrogens is 1. The second-order valence-corrected chi connectivity index (χ2v) is 4.77. The minimum Gasteiger partial charge on any atom is -0.494 e. The zero-order chi connectivity index (χ0) is 12.8. The SMILES string of the molecule is CCOc1cccc(OCc2nc(CCl)cs2)c1. The highest BCUT2D eigenvalue weighted by molar-refractivity contribution is 7.09. The van der Waals surface area contributed by atoms with Crippen molar-refractivity contribution in [1.82, 2.24) is 4.98 Å². The molecule has 0 radical (unpaired) electrons. The smallest absolute Gasteiger partial charge is 0.140 e. The average molecular weight is 284 g/mol. The number of alkyl halides is 1. The van der Waals surface area contributed by atoms with Crippen LogP contribution < -0.4 is 9.47 Å². The van der Waals surface area contributed by atoms with Gasteiger partial charge in [0.25, 0.3) is 0 Å². The third kappa shape index (κ3) is 3.62. The zero-order valence-corrected chi connectivity index (χ0v) is 11.6. The number of benzene rings is 1. The highest BCUT2D eigenvalue weighted by Gasteiger charge is 2.03. The molecule has 0 bridgehead atoms. The summed E-state index contributed by atoms with van der Waals surface area (Å²) in [6.07, 6.45) is 0. The fraction of sp³-hybridized carbons (Fsp3) is 0.308.